The number of nitrogens with one attached hydrogen (secondary N) is 1. The van der Waals surface area contributed by atoms with Gasteiger partial charge in [0.25, 0.3) is 13.9 Å². The quantitative estimate of drug-likeness (QED) is 0.0722. The second kappa shape index (κ2) is 21.2. The van der Waals surface area contributed by atoms with Crippen molar-refractivity contribution in [3.05, 3.63) is 309 Å². The highest BCUT2D eigenvalue weighted by Crippen LogP contribution is 2.50. The van der Waals surface area contributed by atoms with Gasteiger partial charge in [-0.15, -0.1) is 0 Å². The molecule has 9 aromatic rings. The third-order valence-corrected chi connectivity index (χ3v) is 19.8. The molecule has 8 aromatic carbocycles. The summed E-state index contributed by atoms with van der Waals surface area (Å²) in [7, 11) is -3.44. The molecule has 0 aliphatic carbocycles. The minimum atomic E-state index is -3.44. The fraction of sp³-hybridized carbons (Fsp3) is 0.200. The Kier molecular flexibility index (Phi) is 14.3. The first-order chi connectivity index (χ1) is 36.0. The Morgan fingerprint density at radius 1 is 0.514 bits per heavy atom. The molecule has 2 atom stereocenters. The first-order valence-electron chi connectivity index (χ1n) is 25.4. The molecule has 1 aromatic heterocycles. The summed E-state index contributed by atoms with van der Waals surface area (Å²) in [5.41, 5.74) is 0.898. The molecule has 372 valence electrons. The highest BCUT2D eigenvalue weighted by atomic mass is 28.4. The van der Waals surface area contributed by atoms with Crippen molar-refractivity contribution in [1.82, 2.24) is 9.55 Å². The van der Waals surface area contributed by atoms with Crippen LogP contribution in [-0.2, 0) is 29.8 Å². The van der Waals surface area contributed by atoms with E-state index in [1.165, 1.54) is 4.57 Å². The molecular weight excluding hydrogens is 933 g/mol. The van der Waals surface area contributed by atoms with Gasteiger partial charge in [-0.2, -0.15) is 0 Å². The summed E-state index contributed by atoms with van der Waals surface area (Å²) in [6.45, 7) is 8.29. The summed E-state index contributed by atoms with van der Waals surface area (Å²) >= 11 is 0. The van der Waals surface area contributed by atoms with Gasteiger partial charge < -0.3 is 18.6 Å². The van der Waals surface area contributed by atoms with Crippen LogP contribution in [0, 0.1) is 6.92 Å². The molecule has 8 nitrogen and oxygen atoms in total. The standard InChI is InChI=1S/C65H62N2O6Si/c1-49-46-67(61(69)66-60(49)68)59-45-58(73-74(62(2,3)4,56-41-25-11-26-42-56)57-43-27-12-28-44-57)63(72-59,47-70-64(50-29-13-5-14-30-50,51-31-15-6-16-32-51)52-33-17-7-18-34-52)48-71-65(53-35-19-8-20-36-53,54-37-21-9-22-38-54)55-39-23-10-24-40-55/h5-44,46,58-59H,45,47-48H2,1-4H3,(H,66,68,69)/t58-,59+/m0/s1. The predicted octanol–water partition coefficient (Wildman–Crippen LogP) is 11.5. The first-order valence-corrected chi connectivity index (χ1v) is 27.3. The van der Waals surface area contributed by atoms with Gasteiger partial charge in [-0.3, -0.25) is 14.3 Å². The smallest absolute Gasteiger partial charge is 0.330 e. The largest absolute Gasteiger partial charge is 0.401 e. The van der Waals surface area contributed by atoms with Crippen LogP contribution in [0.2, 0.25) is 5.04 Å². The maximum atomic E-state index is 14.3. The van der Waals surface area contributed by atoms with E-state index < -0.39 is 53.7 Å². The average molecular weight is 995 g/mol. The number of H-pyrrole nitrogens is 1. The molecular formula is C65H62N2O6Si. The van der Waals surface area contributed by atoms with Gasteiger partial charge in [-0.25, -0.2) is 4.79 Å². The normalized spacial score (nSPS) is 15.9. The Morgan fingerprint density at radius 2 is 0.824 bits per heavy atom. The molecule has 1 N–H and O–H groups in total. The molecule has 1 aliphatic rings. The molecule has 2 heterocycles. The zero-order valence-electron chi connectivity index (χ0n) is 42.3. The van der Waals surface area contributed by atoms with Gasteiger partial charge in [0.2, 0.25) is 0 Å². The van der Waals surface area contributed by atoms with Crippen molar-refractivity contribution < 1.29 is 18.6 Å². The topological polar surface area (TPSA) is 91.8 Å². The van der Waals surface area contributed by atoms with Crippen molar-refractivity contribution in [3.63, 3.8) is 0 Å². The Labute approximate surface area is 435 Å². The molecule has 0 spiro atoms. The monoisotopic (exact) mass is 994 g/mol. The van der Waals surface area contributed by atoms with Crippen LogP contribution in [0.25, 0.3) is 0 Å². The molecule has 9 heteroatoms. The number of nitrogens with zero attached hydrogens (tertiary/aromatic N) is 1. The molecule has 0 saturated carbocycles. The molecule has 0 amide bonds. The third kappa shape index (κ3) is 9.27. The lowest BCUT2D eigenvalue weighted by Crippen LogP contribution is -2.69. The molecule has 0 unspecified atom stereocenters. The number of benzene rings is 8. The summed E-state index contributed by atoms with van der Waals surface area (Å²) in [4.78, 5) is 29.9. The van der Waals surface area contributed by atoms with E-state index >= 15 is 0 Å². The van der Waals surface area contributed by atoms with Crippen LogP contribution in [0.5, 0.6) is 0 Å². The van der Waals surface area contributed by atoms with Crippen molar-refractivity contribution in [1.29, 1.82) is 0 Å². The Balaban J connectivity index is 1.26. The lowest BCUT2D eigenvalue weighted by molar-refractivity contribution is -0.197. The zero-order chi connectivity index (χ0) is 51.2. The Bertz CT molecular complexity index is 2990. The zero-order valence-corrected chi connectivity index (χ0v) is 43.3. The number of aryl methyl sites for hydroxylation is 1. The van der Waals surface area contributed by atoms with Crippen molar-refractivity contribution in [2.24, 2.45) is 0 Å². The van der Waals surface area contributed by atoms with Crippen molar-refractivity contribution in [3.8, 4) is 0 Å². The number of aromatic nitrogens is 2. The second-order valence-electron chi connectivity index (χ2n) is 20.3. The number of aromatic amines is 1. The van der Waals surface area contributed by atoms with Gasteiger partial charge in [0.1, 0.15) is 23.0 Å². The number of ether oxygens (including phenoxy) is 3. The van der Waals surface area contributed by atoms with Crippen LogP contribution in [0.15, 0.2) is 258 Å². The van der Waals surface area contributed by atoms with Crippen molar-refractivity contribution >= 4 is 18.7 Å². The number of hydrogen-bond acceptors (Lipinski definition) is 6. The molecule has 0 bridgehead atoms. The summed E-state index contributed by atoms with van der Waals surface area (Å²) in [5, 5.41) is 1.69. The van der Waals surface area contributed by atoms with Gasteiger partial charge in [-0.1, -0.05) is 263 Å². The van der Waals surface area contributed by atoms with Crippen molar-refractivity contribution in [2.75, 3.05) is 13.2 Å². The lowest BCUT2D eigenvalue weighted by Gasteiger charge is -2.48. The van der Waals surface area contributed by atoms with Crippen LogP contribution in [0.1, 0.15) is 72.4 Å². The molecule has 74 heavy (non-hydrogen) atoms. The SMILES string of the molecule is Cc1cn([C@H]2C[C@H](O[Si](c3ccccc3)(c3ccccc3)C(C)(C)C)C(COC(c3ccccc3)(c3ccccc3)c3ccccc3)(COC(c3ccccc3)(c3ccccc3)c3ccccc3)O2)c(=O)[nH]c1=O. The van der Waals surface area contributed by atoms with E-state index in [1.54, 1.807) is 13.1 Å². The molecule has 1 fully saturated rings. The highest BCUT2D eigenvalue weighted by Gasteiger charge is 2.60. The van der Waals surface area contributed by atoms with Crippen LogP contribution in [-0.4, -0.2) is 42.8 Å². The van der Waals surface area contributed by atoms with Crippen LogP contribution < -0.4 is 21.6 Å². The summed E-state index contributed by atoms with van der Waals surface area (Å²) in [6.07, 6.45) is 0.0474. The number of hydrogen-bond donors (Lipinski definition) is 1. The molecule has 10 rings (SSSR count). The second-order valence-corrected chi connectivity index (χ2v) is 24.5. The van der Waals surface area contributed by atoms with E-state index in [1.807, 2.05) is 121 Å². The van der Waals surface area contributed by atoms with Gasteiger partial charge in [-0.05, 0) is 55.7 Å². The van der Waals surface area contributed by atoms with Gasteiger partial charge in [0.05, 0.1) is 19.3 Å². The average Bonchev–Trinajstić information content (AvgIpc) is 3.80. The molecule has 1 saturated heterocycles. The first kappa shape index (κ1) is 50.0. The molecule has 0 radical (unpaired) electrons. The Hall–Kier alpha value is -7.50. The predicted molar refractivity (Wildman–Crippen MR) is 296 cm³/mol. The summed E-state index contributed by atoms with van der Waals surface area (Å²) in [5.74, 6) is 0. The van der Waals surface area contributed by atoms with Gasteiger partial charge >= 0.3 is 5.69 Å². The molecule has 1 aliphatic heterocycles. The van der Waals surface area contributed by atoms with Gasteiger partial charge in [0.15, 0.2) is 0 Å². The minimum absolute atomic E-state index is 0.0867. The number of rotatable bonds is 17. The van der Waals surface area contributed by atoms with E-state index in [9.17, 15) is 9.59 Å². The minimum Gasteiger partial charge on any atom is -0.401 e. The van der Waals surface area contributed by atoms with E-state index in [2.05, 4.69) is 147 Å². The van der Waals surface area contributed by atoms with Crippen LogP contribution >= 0.6 is 0 Å². The van der Waals surface area contributed by atoms with E-state index in [0.29, 0.717) is 5.56 Å². The van der Waals surface area contributed by atoms with E-state index in [0.717, 1.165) is 43.8 Å². The Morgan fingerprint density at radius 3 is 1.14 bits per heavy atom. The maximum absolute atomic E-state index is 14.3. The van der Waals surface area contributed by atoms with E-state index in [4.69, 9.17) is 18.6 Å². The summed E-state index contributed by atoms with van der Waals surface area (Å²) in [6, 6.07) is 82.8. The maximum Gasteiger partial charge on any atom is 0.330 e. The van der Waals surface area contributed by atoms with Gasteiger partial charge in [0, 0.05) is 18.2 Å². The van der Waals surface area contributed by atoms with E-state index in [-0.39, 0.29) is 19.6 Å². The third-order valence-electron chi connectivity index (χ3n) is 14.7. The fourth-order valence-corrected chi connectivity index (χ4v) is 15.9. The lowest BCUT2D eigenvalue weighted by atomic mass is 9.79. The fourth-order valence-electron chi connectivity index (χ4n) is 11.1. The van der Waals surface area contributed by atoms with Crippen LogP contribution in [0.3, 0.4) is 0 Å². The van der Waals surface area contributed by atoms with Crippen molar-refractivity contribution in [2.45, 2.75) is 68.3 Å². The van der Waals surface area contributed by atoms with Crippen LogP contribution in [0.4, 0.5) is 0 Å². The highest BCUT2D eigenvalue weighted by molar-refractivity contribution is 6.99. The summed E-state index contributed by atoms with van der Waals surface area (Å²) < 4.78 is 33.5.